The van der Waals surface area contributed by atoms with Gasteiger partial charge in [-0.1, -0.05) is 30.3 Å². The van der Waals surface area contributed by atoms with E-state index in [1.807, 2.05) is 30.3 Å². The fourth-order valence-electron chi connectivity index (χ4n) is 1.62. The summed E-state index contributed by atoms with van der Waals surface area (Å²) in [4.78, 5) is 9.88. The minimum atomic E-state index is -1.37. The molecule has 4 N–H and O–H groups in total. The van der Waals surface area contributed by atoms with Crippen LogP contribution in [-0.2, 0) is 16.4 Å². The quantitative estimate of drug-likeness (QED) is 0.289. The maximum atomic E-state index is 9.97. The van der Waals surface area contributed by atoms with Crippen molar-refractivity contribution in [3.8, 4) is 0 Å². The molecule has 114 valence electrons. The summed E-state index contributed by atoms with van der Waals surface area (Å²) in [6.07, 6.45) is -2.65. The van der Waals surface area contributed by atoms with Gasteiger partial charge in [0.15, 0.2) is 0 Å². The van der Waals surface area contributed by atoms with Gasteiger partial charge in [-0.25, -0.2) is 9.78 Å². The molecule has 6 nitrogen and oxygen atoms in total. The molecule has 1 aromatic rings. The van der Waals surface area contributed by atoms with Crippen molar-refractivity contribution in [1.29, 1.82) is 0 Å². The normalized spacial score (nSPS) is 17.4. The van der Waals surface area contributed by atoms with Crippen LogP contribution in [0, 0.1) is 0 Å². The van der Waals surface area contributed by atoms with Gasteiger partial charge >= 0.3 is 0 Å². The van der Waals surface area contributed by atoms with Gasteiger partial charge in [-0.15, -0.1) is 0 Å². The molecule has 3 atom stereocenters. The predicted molar refractivity (Wildman–Crippen MR) is 71.5 cm³/mol. The van der Waals surface area contributed by atoms with Crippen molar-refractivity contribution >= 4 is 0 Å². The Kier molecular flexibility index (Phi) is 7.08. The van der Waals surface area contributed by atoms with Crippen molar-refractivity contribution in [3.63, 3.8) is 0 Å². The Morgan fingerprint density at radius 3 is 2.35 bits per heavy atom. The zero-order chi connectivity index (χ0) is 15.0. The second-order valence-electron chi connectivity index (χ2n) is 5.03. The molecule has 0 aromatic heterocycles. The van der Waals surface area contributed by atoms with Gasteiger partial charge in [-0.2, -0.15) is 0 Å². The van der Waals surface area contributed by atoms with Gasteiger partial charge in [-0.05, 0) is 12.5 Å². The number of hydrogen-bond donors (Lipinski definition) is 4. The summed E-state index contributed by atoms with van der Waals surface area (Å²) in [6.45, 7) is 0.975. The van der Waals surface area contributed by atoms with E-state index in [0.29, 0.717) is 0 Å². The van der Waals surface area contributed by atoms with Gasteiger partial charge in [0.05, 0.1) is 18.3 Å². The summed E-state index contributed by atoms with van der Waals surface area (Å²) in [7, 11) is 0. The molecule has 1 aromatic carbocycles. The van der Waals surface area contributed by atoms with Gasteiger partial charge in [0, 0.05) is 6.42 Å². The van der Waals surface area contributed by atoms with E-state index in [4.69, 9.17) is 14.9 Å². The molecule has 0 aliphatic carbocycles. The molecule has 20 heavy (non-hydrogen) atoms. The number of aliphatic hydroxyl groups excluding tert-OH is 3. The summed E-state index contributed by atoms with van der Waals surface area (Å²) in [6, 6.07) is 9.40. The van der Waals surface area contributed by atoms with Crippen LogP contribution in [0.3, 0.4) is 0 Å². The largest absolute Gasteiger partial charge is 0.394 e. The monoisotopic (exact) mass is 286 g/mol. The molecule has 3 unspecified atom stereocenters. The molecular formula is C14H22O6. The van der Waals surface area contributed by atoms with E-state index in [-0.39, 0.29) is 19.6 Å². The molecule has 0 aliphatic rings. The Morgan fingerprint density at radius 1 is 1.10 bits per heavy atom. The molecule has 0 aliphatic heterocycles. The second-order valence-corrected chi connectivity index (χ2v) is 5.03. The Bertz CT molecular complexity index is 367. The molecule has 0 heterocycles. The van der Waals surface area contributed by atoms with Crippen LogP contribution in [0.1, 0.15) is 18.9 Å². The average Bonchev–Trinajstić information content (AvgIpc) is 2.43. The van der Waals surface area contributed by atoms with Crippen molar-refractivity contribution in [2.24, 2.45) is 0 Å². The van der Waals surface area contributed by atoms with Crippen LogP contribution in [0.2, 0.25) is 0 Å². The predicted octanol–water partition coefficient (Wildman–Crippen LogP) is -0.0100. The zero-order valence-corrected chi connectivity index (χ0v) is 11.5. The first kappa shape index (κ1) is 17.0. The highest BCUT2D eigenvalue weighted by Crippen LogP contribution is 2.15. The lowest BCUT2D eigenvalue weighted by Crippen LogP contribution is -2.40. The molecule has 0 radical (unpaired) electrons. The summed E-state index contributed by atoms with van der Waals surface area (Å²) in [5.74, 6) is 0. The summed E-state index contributed by atoms with van der Waals surface area (Å²) < 4.78 is 0. The minimum absolute atomic E-state index is 0.135. The second kappa shape index (κ2) is 8.31. The highest BCUT2D eigenvalue weighted by Gasteiger charge is 2.28. The van der Waals surface area contributed by atoms with Crippen LogP contribution < -0.4 is 0 Å². The van der Waals surface area contributed by atoms with Gasteiger partial charge in [0.25, 0.3) is 0 Å². The minimum Gasteiger partial charge on any atom is -0.394 e. The third kappa shape index (κ3) is 6.42. The van der Waals surface area contributed by atoms with E-state index in [1.54, 1.807) is 0 Å². The van der Waals surface area contributed by atoms with Gasteiger partial charge < -0.3 is 20.4 Å². The molecule has 0 bridgehead atoms. The molecule has 6 heteroatoms. The summed E-state index contributed by atoms with van der Waals surface area (Å²) in [5, 5.41) is 37.4. The summed E-state index contributed by atoms with van der Waals surface area (Å²) >= 11 is 0. The van der Waals surface area contributed by atoms with E-state index >= 15 is 0 Å². The standard InChI is InChI=1S/C14H22O6/c1-14(18,7-12(16)13(17)8-15)10-20-19-9-11-5-3-2-4-6-11/h2-6,12-13,15-18H,7-10H2,1H3. The van der Waals surface area contributed by atoms with Crippen LogP contribution in [0.15, 0.2) is 30.3 Å². The van der Waals surface area contributed by atoms with Gasteiger partial charge in [0.1, 0.15) is 19.3 Å². The van der Waals surface area contributed by atoms with Crippen molar-refractivity contribution in [2.75, 3.05) is 13.2 Å². The molecule has 0 spiro atoms. The van der Waals surface area contributed by atoms with Gasteiger partial charge in [0.2, 0.25) is 0 Å². The van der Waals surface area contributed by atoms with E-state index in [2.05, 4.69) is 0 Å². The average molecular weight is 286 g/mol. The molecular weight excluding hydrogens is 264 g/mol. The highest BCUT2D eigenvalue weighted by atomic mass is 17.2. The first-order valence-corrected chi connectivity index (χ1v) is 6.42. The molecule has 0 saturated heterocycles. The first-order chi connectivity index (χ1) is 9.44. The number of benzene rings is 1. The maximum Gasteiger partial charge on any atom is 0.111 e. The van der Waals surface area contributed by atoms with E-state index in [1.165, 1.54) is 6.92 Å². The Morgan fingerprint density at radius 2 is 1.75 bits per heavy atom. The smallest absolute Gasteiger partial charge is 0.111 e. The number of hydrogen-bond acceptors (Lipinski definition) is 6. The van der Waals surface area contributed by atoms with Crippen LogP contribution >= 0.6 is 0 Å². The third-order valence-electron chi connectivity index (χ3n) is 2.80. The van der Waals surface area contributed by atoms with Crippen molar-refractivity contribution < 1.29 is 30.2 Å². The molecule has 0 fully saturated rings. The van der Waals surface area contributed by atoms with Crippen LogP contribution in [0.5, 0.6) is 0 Å². The Hall–Kier alpha value is -1.02. The fraction of sp³-hybridized carbons (Fsp3) is 0.571. The van der Waals surface area contributed by atoms with Crippen LogP contribution in [0.4, 0.5) is 0 Å². The lowest BCUT2D eigenvalue weighted by molar-refractivity contribution is -0.325. The van der Waals surface area contributed by atoms with Crippen LogP contribution in [-0.4, -0.2) is 51.4 Å². The number of aliphatic hydroxyl groups is 4. The zero-order valence-electron chi connectivity index (χ0n) is 11.5. The fourth-order valence-corrected chi connectivity index (χ4v) is 1.62. The number of rotatable bonds is 9. The Balaban J connectivity index is 2.25. The van der Waals surface area contributed by atoms with E-state index < -0.39 is 24.4 Å². The lowest BCUT2D eigenvalue weighted by Gasteiger charge is -2.26. The summed E-state index contributed by atoms with van der Waals surface area (Å²) in [5.41, 5.74) is -0.436. The van der Waals surface area contributed by atoms with Gasteiger partial charge in [-0.3, -0.25) is 0 Å². The molecule has 0 amide bonds. The van der Waals surface area contributed by atoms with Crippen molar-refractivity contribution in [2.45, 2.75) is 37.8 Å². The third-order valence-corrected chi connectivity index (χ3v) is 2.80. The molecule has 0 saturated carbocycles. The molecule has 1 rings (SSSR count). The maximum absolute atomic E-state index is 9.97. The van der Waals surface area contributed by atoms with Crippen LogP contribution in [0.25, 0.3) is 0 Å². The topological polar surface area (TPSA) is 99.4 Å². The highest BCUT2D eigenvalue weighted by molar-refractivity contribution is 5.13. The SMILES string of the molecule is CC(O)(COOCc1ccccc1)CC(O)C(O)CO. The van der Waals surface area contributed by atoms with Crippen molar-refractivity contribution in [1.82, 2.24) is 0 Å². The van der Waals surface area contributed by atoms with E-state index in [0.717, 1.165) is 5.56 Å². The van der Waals surface area contributed by atoms with E-state index in [9.17, 15) is 15.3 Å². The first-order valence-electron chi connectivity index (χ1n) is 6.42. The van der Waals surface area contributed by atoms with Crippen molar-refractivity contribution in [3.05, 3.63) is 35.9 Å². The lowest BCUT2D eigenvalue weighted by atomic mass is 9.97. The Labute approximate surface area is 118 Å².